The molecule has 2 aromatic rings. The van der Waals surface area contributed by atoms with Gasteiger partial charge in [-0.05, 0) is 35.4 Å². The van der Waals surface area contributed by atoms with Gasteiger partial charge in [-0.25, -0.2) is 4.39 Å². The van der Waals surface area contributed by atoms with E-state index in [1.807, 2.05) is 12.1 Å². The van der Waals surface area contributed by atoms with Crippen molar-refractivity contribution in [2.45, 2.75) is 13.0 Å². The Balaban J connectivity index is 1.70. The van der Waals surface area contributed by atoms with Crippen molar-refractivity contribution < 1.29 is 9.13 Å². The molecule has 98 valence electrons. The quantitative estimate of drug-likeness (QED) is 0.915. The molecule has 0 saturated heterocycles. The summed E-state index contributed by atoms with van der Waals surface area (Å²) in [6, 6.07) is 10.8. The van der Waals surface area contributed by atoms with Gasteiger partial charge in [-0.3, -0.25) is 0 Å². The monoisotopic (exact) mass is 277 g/mol. The van der Waals surface area contributed by atoms with Crippen LogP contribution in [0.4, 0.5) is 10.1 Å². The van der Waals surface area contributed by atoms with Crippen molar-refractivity contribution in [3.05, 3.63) is 58.4 Å². The van der Waals surface area contributed by atoms with Gasteiger partial charge in [0.25, 0.3) is 0 Å². The van der Waals surface area contributed by atoms with Crippen molar-refractivity contribution in [2.24, 2.45) is 0 Å². The van der Waals surface area contributed by atoms with E-state index in [9.17, 15) is 4.39 Å². The van der Waals surface area contributed by atoms with Crippen LogP contribution < -0.4 is 10.1 Å². The van der Waals surface area contributed by atoms with Gasteiger partial charge in [0, 0.05) is 18.7 Å². The summed E-state index contributed by atoms with van der Waals surface area (Å²) >= 11 is 5.74. The number of fused-ring (bicyclic) bond motifs is 1. The first-order valence-electron chi connectivity index (χ1n) is 6.16. The third-order valence-corrected chi connectivity index (χ3v) is 3.46. The zero-order valence-corrected chi connectivity index (χ0v) is 11.0. The lowest BCUT2D eigenvalue weighted by Gasteiger charge is -2.08. The summed E-state index contributed by atoms with van der Waals surface area (Å²) < 4.78 is 18.5. The van der Waals surface area contributed by atoms with E-state index in [1.165, 1.54) is 17.2 Å². The van der Waals surface area contributed by atoms with Gasteiger partial charge < -0.3 is 10.1 Å². The van der Waals surface area contributed by atoms with Gasteiger partial charge in [0.1, 0.15) is 11.6 Å². The third-order valence-electron chi connectivity index (χ3n) is 3.17. The minimum Gasteiger partial charge on any atom is -0.493 e. The van der Waals surface area contributed by atoms with Crippen molar-refractivity contribution in [1.29, 1.82) is 0 Å². The number of hydrogen-bond acceptors (Lipinski definition) is 2. The van der Waals surface area contributed by atoms with Crippen LogP contribution in [0.2, 0.25) is 5.02 Å². The molecular formula is C15H13ClFNO. The van der Waals surface area contributed by atoms with Gasteiger partial charge in [0.15, 0.2) is 0 Å². The largest absolute Gasteiger partial charge is 0.493 e. The van der Waals surface area contributed by atoms with Crippen LogP contribution in [0.25, 0.3) is 0 Å². The fourth-order valence-electron chi connectivity index (χ4n) is 2.16. The number of ether oxygens (including phenoxy) is 1. The highest BCUT2D eigenvalue weighted by atomic mass is 35.5. The Morgan fingerprint density at radius 3 is 2.95 bits per heavy atom. The van der Waals surface area contributed by atoms with Crippen LogP contribution in [0.3, 0.4) is 0 Å². The van der Waals surface area contributed by atoms with Crippen LogP contribution in [-0.4, -0.2) is 6.61 Å². The second-order valence-corrected chi connectivity index (χ2v) is 4.93. The van der Waals surface area contributed by atoms with Crippen LogP contribution >= 0.6 is 11.6 Å². The van der Waals surface area contributed by atoms with Gasteiger partial charge in [-0.1, -0.05) is 23.7 Å². The lowest BCUT2D eigenvalue weighted by molar-refractivity contribution is 0.357. The molecule has 0 unspecified atom stereocenters. The number of nitrogens with one attached hydrogen (secondary N) is 1. The van der Waals surface area contributed by atoms with Crippen LogP contribution in [0, 0.1) is 5.82 Å². The number of rotatable bonds is 3. The number of anilines is 1. The summed E-state index contributed by atoms with van der Waals surface area (Å²) in [6.07, 6.45) is 0.964. The maximum atomic E-state index is 13.0. The van der Waals surface area contributed by atoms with E-state index in [2.05, 4.69) is 11.4 Å². The Labute approximate surface area is 116 Å². The Hall–Kier alpha value is -1.74. The predicted molar refractivity (Wildman–Crippen MR) is 74.4 cm³/mol. The lowest BCUT2D eigenvalue weighted by atomic mass is 10.1. The zero-order chi connectivity index (χ0) is 13.2. The Bertz CT molecular complexity index is 615. The molecule has 0 bridgehead atoms. The van der Waals surface area contributed by atoms with Crippen LogP contribution in [0.5, 0.6) is 5.75 Å². The van der Waals surface area contributed by atoms with E-state index in [0.29, 0.717) is 6.54 Å². The fraction of sp³-hybridized carbons (Fsp3) is 0.200. The van der Waals surface area contributed by atoms with E-state index in [4.69, 9.17) is 16.3 Å². The highest BCUT2D eigenvalue weighted by Crippen LogP contribution is 2.26. The van der Waals surface area contributed by atoms with Crippen molar-refractivity contribution in [2.75, 3.05) is 11.9 Å². The first kappa shape index (κ1) is 12.3. The number of halogens is 2. The van der Waals surface area contributed by atoms with E-state index < -0.39 is 5.82 Å². The molecule has 0 amide bonds. The normalized spacial score (nSPS) is 12.9. The number of hydrogen-bond donors (Lipinski definition) is 1. The smallest absolute Gasteiger partial charge is 0.141 e. The summed E-state index contributed by atoms with van der Waals surface area (Å²) in [5.74, 6) is 0.579. The minimum absolute atomic E-state index is 0.132. The second kappa shape index (κ2) is 5.10. The van der Waals surface area contributed by atoms with Crippen LogP contribution in [0.1, 0.15) is 11.1 Å². The first-order chi connectivity index (χ1) is 9.22. The van der Waals surface area contributed by atoms with Crippen LogP contribution in [-0.2, 0) is 13.0 Å². The zero-order valence-electron chi connectivity index (χ0n) is 10.2. The average molecular weight is 278 g/mol. The molecular weight excluding hydrogens is 265 g/mol. The molecule has 3 rings (SSSR count). The fourth-order valence-corrected chi connectivity index (χ4v) is 2.34. The molecule has 0 radical (unpaired) electrons. The summed E-state index contributed by atoms with van der Waals surface area (Å²) in [5, 5.41) is 3.36. The van der Waals surface area contributed by atoms with Crippen molar-refractivity contribution in [1.82, 2.24) is 0 Å². The lowest BCUT2D eigenvalue weighted by Crippen LogP contribution is -2.00. The third kappa shape index (κ3) is 2.66. The Morgan fingerprint density at radius 1 is 1.21 bits per heavy atom. The van der Waals surface area contributed by atoms with Gasteiger partial charge in [-0.15, -0.1) is 0 Å². The van der Waals surface area contributed by atoms with E-state index in [-0.39, 0.29) is 5.02 Å². The van der Waals surface area contributed by atoms with Crippen LogP contribution in [0.15, 0.2) is 36.4 Å². The maximum absolute atomic E-state index is 13.0. The van der Waals surface area contributed by atoms with Gasteiger partial charge in [-0.2, -0.15) is 0 Å². The Morgan fingerprint density at radius 2 is 2.11 bits per heavy atom. The van der Waals surface area contributed by atoms with Gasteiger partial charge >= 0.3 is 0 Å². The van der Waals surface area contributed by atoms with E-state index >= 15 is 0 Å². The van der Waals surface area contributed by atoms with Gasteiger partial charge in [0.05, 0.1) is 11.6 Å². The van der Waals surface area contributed by atoms with E-state index in [0.717, 1.165) is 24.5 Å². The molecule has 0 aromatic heterocycles. The summed E-state index contributed by atoms with van der Waals surface area (Å²) in [6.45, 7) is 1.44. The molecule has 1 heterocycles. The van der Waals surface area contributed by atoms with Crippen molar-refractivity contribution in [3.63, 3.8) is 0 Å². The van der Waals surface area contributed by atoms with Crippen molar-refractivity contribution in [3.8, 4) is 5.75 Å². The molecule has 2 nitrogen and oxygen atoms in total. The van der Waals surface area contributed by atoms with E-state index in [1.54, 1.807) is 12.1 Å². The molecule has 19 heavy (non-hydrogen) atoms. The molecule has 1 N–H and O–H groups in total. The number of benzene rings is 2. The molecule has 4 heteroatoms. The Kier molecular flexibility index (Phi) is 3.30. The maximum Gasteiger partial charge on any atom is 0.141 e. The summed E-state index contributed by atoms with van der Waals surface area (Å²) in [5.41, 5.74) is 3.23. The first-order valence-corrected chi connectivity index (χ1v) is 6.54. The standard InChI is InChI=1S/C15H13ClFNO/c16-13-8-12(2-3-14(13)17)18-9-10-1-4-15-11(7-10)5-6-19-15/h1-4,7-8,18H,5-6,9H2. The molecule has 1 aliphatic heterocycles. The van der Waals surface area contributed by atoms with Crippen molar-refractivity contribution >= 4 is 17.3 Å². The topological polar surface area (TPSA) is 21.3 Å². The highest BCUT2D eigenvalue weighted by Gasteiger charge is 2.11. The molecule has 0 atom stereocenters. The molecule has 1 aliphatic rings. The second-order valence-electron chi connectivity index (χ2n) is 4.52. The summed E-state index contributed by atoms with van der Waals surface area (Å²) in [7, 11) is 0. The molecule has 0 fully saturated rings. The molecule has 0 spiro atoms. The summed E-state index contributed by atoms with van der Waals surface area (Å²) in [4.78, 5) is 0. The predicted octanol–water partition coefficient (Wildman–Crippen LogP) is 4.03. The molecule has 0 saturated carbocycles. The molecule has 0 aliphatic carbocycles. The highest BCUT2D eigenvalue weighted by molar-refractivity contribution is 6.31. The van der Waals surface area contributed by atoms with Gasteiger partial charge in [0.2, 0.25) is 0 Å². The average Bonchev–Trinajstić information content (AvgIpc) is 2.87. The SMILES string of the molecule is Fc1ccc(NCc2ccc3c(c2)CCO3)cc1Cl. The molecule has 2 aromatic carbocycles. The minimum atomic E-state index is -0.401.